The van der Waals surface area contributed by atoms with Gasteiger partial charge >= 0.3 is 85.7 Å². The van der Waals surface area contributed by atoms with E-state index in [0.29, 0.717) is 0 Å². The molecule has 0 aliphatic carbocycles. The first-order chi connectivity index (χ1) is 6.19. The minimum atomic E-state index is -1.56. The molecule has 0 saturated carbocycles. The van der Waals surface area contributed by atoms with E-state index in [1.54, 1.807) is 7.11 Å². The third-order valence-electron chi connectivity index (χ3n) is 2.04. The van der Waals surface area contributed by atoms with Gasteiger partial charge in [0, 0.05) is 0 Å². The van der Waals surface area contributed by atoms with Crippen LogP contribution in [-0.4, -0.2) is 33.2 Å². The van der Waals surface area contributed by atoms with Crippen LogP contribution in [0.1, 0.15) is 10.4 Å². The fraction of sp³-hybridized carbons (Fsp3) is 0.300. The molecule has 0 atom stereocenters. The molecule has 0 N–H and O–H groups in total. The zero-order valence-corrected chi connectivity index (χ0v) is 11.5. The van der Waals surface area contributed by atoms with Gasteiger partial charge in [0.1, 0.15) is 0 Å². The predicted octanol–water partition coefficient (Wildman–Crippen LogP) is 1.20. The van der Waals surface area contributed by atoms with Gasteiger partial charge in [0.05, 0.1) is 0 Å². The first kappa shape index (κ1) is 10.6. The molecule has 13 heavy (non-hydrogen) atoms. The normalized spacial score (nSPS) is 10.2. The van der Waals surface area contributed by atoms with E-state index in [2.05, 4.69) is 9.88 Å². The second kappa shape index (κ2) is 4.65. The molecule has 0 aromatic heterocycles. The Hall–Kier alpha value is -0.511. The van der Waals surface area contributed by atoms with Crippen LogP contribution in [0.4, 0.5) is 0 Å². The Bertz CT molecular complexity index is 308. The van der Waals surface area contributed by atoms with Crippen molar-refractivity contribution in [2.75, 3.05) is 7.11 Å². The summed E-state index contributed by atoms with van der Waals surface area (Å²) in [7, 11) is 1.61. The Morgan fingerprint density at radius 1 is 1.38 bits per heavy atom. The van der Waals surface area contributed by atoms with Crippen molar-refractivity contribution >= 4 is 29.6 Å². The van der Waals surface area contributed by atoms with E-state index in [1.165, 1.54) is 3.58 Å². The van der Waals surface area contributed by atoms with Crippen LogP contribution in [0, 0.1) is 0 Å². The summed E-state index contributed by atoms with van der Waals surface area (Å²) in [6.45, 7) is 0. The van der Waals surface area contributed by atoms with Crippen LogP contribution >= 0.6 is 0 Å². The number of hydrogen-bond acceptors (Lipinski definition) is 2. The molecule has 0 bridgehead atoms. The number of benzene rings is 1. The Morgan fingerprint density at radius 3 is 2.54 bits per heavy atom. The fourth-order valence-electron chi connectivity index (χ4n) is 1.31. The molecule has 0 spiro atoms. The number of rotatable bonds is 3. The van der Waals surface area contributed by atoms with Gasteiger partial charge in [-0.15, -0.1) is 0 Å². The van der Waals surface area contributed by atoms with E-state index in [4.69, 9.17) is 4.74 Å². The van der Waals surface area contributed by atoms with E-state index >= 15 is 0 Å². The zero-order chi connectivity index (χ0) is 9.84. The van der Waals surface area contributed by atoms with Crippen LogP contribution in [0.2, 0.25) is 9.88 Å². The quantitative estimate of drug-likeness (QED) is 0.616. The molecule has 3 heteroatoms. The summed E-state index contributed by atoms with van der Waals surface area (Å²) < 4.78 is 6.33. The van der Waals surface area contributed by atoms with Crippen molar-refractivity contribution in [1.82, 2.24) is 0 Å². The first-order valence-corrected chi connectivity index (χ1v) is 12.6. The molecule has 0 saturated heterocycles. The number of carbonyl (C=O) groups excluding carboxylic acids is 1. The van der Waals surface area contributed by atoms with Crippen LogP contribution in [0.3, 0.4) is 0 Å². The van der Waals surface area contributed by atoms with Crippen molar-refractivity contribution in [2.45, 2.75) is 9.88 Å². The van der Waals surface area contributed by atoms with Gasteiger partial charge in [-0.3, -0.25) is 0 Å². The van der Waals surface area contributed by atoms with Gasteiger partial charge in [-0.2, -0.15) is 0 Å². The summed E-state index contributed by atoms with van der Waals surface area (Å²) in [4.78, 5) is 15.3. The number of aldehydes is 1. The van der Waals surface area contributed by atoms with Crippen molar-refractivity contribution < 1.29 is 9.53 Å². The maximum absolute atomic E-state index is 10.8. The number of methoxy groups -OCH3 is 1. The standard InChI is InChI=1S/C8H7O2.2CH3.Sn.H/c1-10-8-4-2-3-7(5-8)6-9;;;;/h2,4-6H,1H3;2*1H3;;. The molecule has 2 nitrogen and oxygen atoms in total. The van der Waals surface area contributed by atoms with Crippen molar-refractivity contribution in [1.29, 1.82) is 0 Å². The molecule has 0 fully saturated rings. The molecule has 70 valence electrons. The van der Waals surface area contributed by atoms with Crippen LogP contribution in [0.25, 0.3) is 0 Å². The second-order valence-electron chi connectivity index (χ2n) is 3.27. The summed E-state index contributed by atoms with van der Waals surface area (Å²) >= 11 is -1.56. The van der Waals surface area contributed by atoms with Gasteiger partial charge in [0.15, 0.2) is 0 Å². The van der Waals surface area contributed by atoms with Gasteiger partial charge in [0.25, 0.3) is 0 Å². The third-order valence-corrected chi connectivity index (χ3v) is 7.09. The van der Waals surface area contributed by atoms with Gasteiger partial charge in [-0.25, -0.2) is 0 Å². The van der Waals surface area contributed by atoms with Crippen LogP contribution < -0.4 is 8.32 Å². The summed E-state index contributed by atoms with van der Waals surface area (Å²) in [5.41, 5.74) is 0.810. The van der Waals surface area contributed by atoms with Crippen LogP contribution in [0.15, 0.2) is 18.2 Å². The monoisotopic (exact) mass is 286 g/mol. The molecule has 0 heterocycles. The van der Waals surface area contributed by atoms with E-state index < -0.39 is 19.8 Å². The molecule has 1 rings (SSSR count). The average molecular weight is 285 g/mol. The molecule has 1 aromatic carbocycles. The summed E-state index contributed by atoms with van der Waals surface area (Å²) in [6.07, 6.45) is 0.925. The summed E-state index contributed by atoms with van der Waals surface area (Å²) in [5.74, 6) is 0.762. The maximum atomic E-state index is 10.8. The molecule has 0 aliphatic heterocycles. The topological polar surface area (TPSA) is 26.3 Å². The number of carbonyl (C=O) groups is 1. The molecule has 1 aromatic rings. The summed E-state index contributed by atoms with van der Waals surface area (Å²) in [6, 6.07) is 5.78. The van der Waals surface area contributed by atoms with Crippen LogP contribution in [0.5, 0.6) is 5.75 Å². The van der Waals surface area contributed by atoms with Crippen molar-refractivity contribution in [3.63, 3.8) is 0 Å². The Kier molecular flexibility index (Phi) is 3.78. The zero-order valence-electron chi connectivity index (χ0n) is 8.20. The Balaban J connectivity index is 3.15. The van der Waals surface area contributed by atoms with Crippen molar-refractivity contribution in [3.05, 3.63) is 23.8 Å². The Labute approximate surface area is 85.6 Å². The van der Waals surface area contributed by atoms with E-state index in [1.807, 2.05) is 18.2 Å². The minimum absolute atomic E-state index is 0.762. The van der Waals surface area contributed by atoms with Crippen molar-refractivity contribution in [3.8, 4) is 5.75 Å². The van der Waals surface area contributed by atoms with Crippen molar-refractivity contribution in [2.24, 2.45) is 0 Å². The Morgan fingerprint density at radius 2 is 2.08 bits per heavy atom. The second-order valence-corrected chi connectivity index (χ2v) is 11.6. The molecular weight excluding hydrogens is 271 g/mol. The summed E-state index contributed by atoms with van der Waals surface area (Å²) in [5, 5.41) is 0. The molecule has 0 amide bonds. The molecule has 0 radical (unpaired) electrons. The first-order valence-electron chi connectivity index (χ1n) is 4.32. The SMILES string of the molecule is COc1cc[c]([SnH]([CH3])[CH3])c(C=O)c1. The van der Waals surface area contributed by atoms with Gasteiger partial charge in [0.2, 0.25) is 0 Å². The fourth-order valence-corrected chi connectivity index (χ4v) is 5.02. The third kappa shape index (κ3) is 2.46. The average Bonchev–Trinajstić information content (AvgIpc) is 2.16. The number of ether oxygens (including phenoxy) is 1. The van der Waals surface area contributed by atoms with Crippen LogP contribution in [-0.2, 0) is 0 Å². The molecular formula is C10H14O2Sn. The van der Waals surface area contributed by atoms with E-state index in [9.17, 15) is 4.79 Å². The van der Waals surface area contributed by atoms with Gasteiger partial charge < -0.3 is 0 Å². The van der Waals surface area contributed by atoms with E-state index in [-0.39, 0.29) is 0 Å². The number of hydrogen-bond donors (Lipinski definition) is 0. The molecule has 0 aliphatic rings. The van der Waals surface area contributed by atoms with Gasteiger partial charge in [-0.1, -0.05) is 0 Å². The van der Waals surface area contributed by atoms with Gasteiger partial charge in [-0.05, 0) is 0 Å². The predicted molar refractivity (Wildman–Crippen MR) is 56.9 cm³/mol. The molecule has 0 unspecified atom stereocenters. The van der Waals surface area contributed by atoms with E-state index in [0.717, 1.165) is 17.6 Å².